The molecular formula is C16H24N4. The molecule has 1 atom stereocenters. The Kier molecular flexibility index (Phi) is 5.32. The Labute approximate surface area is 121 Å². The Bertz CT molecular complexity index is 506. The SMILES string of the molecule is CCN(C)CC(C)NCc1ccn(-c2ccccc2)n1. The second kappa shape index (κ2) is 7.22. The van der Waals surface area contributed by atoms with Gasteiger partial charge >= 0.3 is 0 Å². The van der Waals surface area contributed by atoms with Crippen LogP contribution in [0.4, 0.5) is 0 Å². The van der Waals surface area contributed by atoms with E-state index in [0.29, 0.717) is 6.04 Å². The fourth-order valence-corrected chi connectivity index (χ4v) is 2.12. The van der Waals surface area contributed by atoms with E-state index < -0.39 is 0 Å². The van der Waals surface area contributed by atoms with Gasteiger partial charge in [-0.1, -0.05) is 25.1 Å². The lowest BCUT2D eigenvalue weighted by atomic mass is 10.3. The molecule has 0 saturated heterocycles. The molecule has 0 fully saturated rings. The molecule has 108 valence electrons. The van der Waals surface area contributed by atoms with Gasteiger partial charge in [0, 0.05) is 25.3 Å². The summed E-state index contributed by atoms with van der Waals surface area (Å²) in [5.41, 5.74) is 2.16. The monoisotopic (exact) mass is 272 g/mol. The van der Waals surface area contributed by atoms with Crippen molar-refractivity contribution in [3.63, 3.8) is 0 Å². The average Bonchev–Trinajstić information content (AvgIpc) is 2.95. The number of hydrogen-bond acceptors (Lipinski definition) is 3. The maximum Gasteiger partial charge on any atom is 0.0766 e. The Balaban J connectivity index is 1.87. The maximum atomic E-state index is 4.59. The van der Waals surface area contributed by atoms with Gasteiger partial charge in [0.2, 0.25) is 0 Å². The maximum absolute atomic E-state index is 4.59. The molecule has 20 heavy (non-hydrogen) atoms. The van der Waals surface area contributed by atoms with Crippen molar-refractivity contribution in [3.05, 3.63) is 48.3 Å². The third kappa shape index (κ3) is 4.18. The number of likely N-dealkylation sites (N-methyl/N-ethyl adjacent to an activating group) is 1. The Morgan fingerprint density at radius 2 is 2.00 bits per heavy atom. The zero-order valence-electron chi connectivity index (χ0n) is 12.6. The average molecular weight is 272 g/mol. The van der Waals surface area contributed by atoms with Gasteiger partial charge in [0.05, 0.1) is 11.4 Å². The van der Waals surface area contributed by atoms with Gasteiger partial charge in [-0.2, -0.15) is 5.10 Å². The molecule has 2 rings (SSSR count). The van der Waals surface area contributed by atoms with Crippen molar-refractivity contribution in [2.45, 2.75) is 26.4 Å². The fourth-order valence-electron chi connectivity index (χ4n) is 2.12. The minimum absolute atomic E-state index is 0.460. The number of para-hydroxylation sites is 1. The molecule has 0 saturated carbocycles. The van der Waals surface area contributed by atoms with Crippen molar-refractivity contribution in [3.8, 4) is 5.69 Å². The molecule has 0 bridgehead atoms. The van der Waals surface area contributed by atoms with Crippen LogP contribution in [-0.4, -0.2) is 40.9 Å². The van der Waals surface area contributed by atoms with Crippen LogP contribution in [0.3, 0.4) is 0 Å². The molecule has 1 aromatic heterocycles. The third-order valence-electron chi connectivity index (χ3n) is 3.42. The Morgan fingerprint density at radius 3 is 2.70 bits per heavy atom. The van der Waals surface area contributed by atoms with E-state index in [1.807, 2.05) is 29.1 Å². The minimum Gasteiger partial charge on any atom is -0.307 e. The van der Waals surface area contributed by atoms with Crippen molar-refractivity contribution in [1.82, 2.24) is 20.0 Å². The van der Waals surface area contributed by atoms with Gasteiger partial charge in [-0.15, -0.1) is 0 Å². The van der Waals surface area contributed by atoms with Crippen LogP contribution >= 0.6 is 0 Å². The quantitative estimate of drug-likeness (QED) is 0.839. The van der Waals surface area contributed by atoms with Crippen molar-refractivity contribution in [2.75, 3.05) is 20.1 Å². The second-order valence-corrected chi connectivity index (χ2v) is 5.22. The molecule has 1 N–H and O–H groups in total. The van der Waals surface area contributed by atoms with Crippen LogP contribution in [0.5, 0.6) is 0 Å². The van der Waals surface area contributed by atoms with E-state index in [0.717, 1.165) is 31.0 Å². The van der Waals surface area contributed by atoms with Crippen LogP contribution < -0.4 is 5.32 Å². The summed E-state index contributed by atoms with van der Waals surface area (Å²) in [4.78, 5) is 2.31. The number of rotatable bonds is 7. The highest BCUT2D eigenvalue weighted by atomic mass is 15.3. The van der Waals surface area contributed by atoms with Gasteiger partial charge in [0.15, 0.2) is 0 Å². The standard InChI is InChI=1S/C16H24N4/c1-4-19(3)13-14(2)17-12-15-10-11-20(18-15)16-8-6-5-7-9-16/h5-11,14,17H,4,12-13H2,1-3H3. The summed E-state index contributed by atoms with van der Waals surface area (Å²) in [7, 11) is 2.14. The zero-order chi connectivity index (χ0) is 14.4. The lowest BCUT2D eigenvalue weighted by molar-refractivity contribution is 0.309. The highest BCUT2D eigenvalue weighted by Crippen LogP contribution is 2.06. The van der Waals surface area contributed by atoms with Gasteiger partial charge < -0.3 is 10.2 Å². The van der Waals surface area contributed by atoms with Crippen LogP contribution in [0.15, 0.2) is 42.6 Å². The molecule has 1 unspecified atom stereocenters. The van der Waals surface area contributed by atoms with Crippen LogP contribution in [0.1, 0.15) is 19.5 Å². The van der Waals surface area contributed by atoms with Crippen molar-refractivity contribution >= 4 is 0 Å². The largest absolute Gasteiger partial charge is 0.307 e. The van der Waals surface area contributed by atoms with E-state index >= 15 is 0 Å². The molecule has 1 heterocycles. The van der Waals surface area contributed by atoms with E-state index in [2.05, 4.69) is 54.4 Å². The first-order valence-corrected chi connectivity index (χ1v) is 7.21. The molecule has 4 nitrogen and oxygen atoms in total. The topological polar surface area (TPSA) is 33.1 Å². The normalized spacial score (nSPS) is 12.8. The van der Waals surface area contributed by atoms with Crippen LogP contribution in [-0.2, 0) is 6.54 Å². The lowest BCUT2D eigenvalue weighted by Crippen LogP contribution is -2.37. The molecule has 4 heteroatoms. The molecule has 0 aliphatic carbocycles. The summed E-state index contributed by atoms with van der Waals surface area (Å²) < 4.78 is 1.92. The van der Waals surface area contributed by atoms with Gasteiger partial charge in [-0.05, 0) is 38.7 Å². The molecule has 2 aromatic rings. The summed E-state index contributed by atoms with van der Waals surface area (Å²) in [6.45, 7) is 7.32. The van der Waals surface area contributed by atoms with Crippen LogP contribution in [0.2, 0.25) is 0 Å². The summed E-state index contributed by atoms with van der Waals surface area (Å²) in [6.07, 6.45) is 2.01. The number of benzene rings is 1. The van der Waals surface area contributed by atoms with Crippen LogP contribution in [0, 0.1) is 0 Å². The van der Waals surface area contributed by atoms with Crippen molar-refractivity contribution in [1.29, 1.82) is 0 Å². The highest BCUT2D eigenvalue weighted by Gasteiger charge is 2.06. The molecule has 0 spiro atoms. The smallest absolute Gasteiger partial charge is 0.0766 e. The Morgan fingerprint density at radius 1 is 1.25 bits per heavy atom. The lowest BCUT2D eigenvalue weighted by Gasteiger charge is -2.20. The number of aromatic nitrogens is 2. The van der Waals surface area contributed by atoms with E-state index in [1.54, 1.807) is 0 Å². The molecular weight excluding hydrogens is 248 g/mol. The second-order valence-electron chi connectivity index (χ2n) is 5.22. The van der Waals surface area contributed by atoms with Gasteiger partial charge in [-0.25, -0.2) is 4.68 Å². The predicted octanol–water partition coefficient (Wildman–Crippen LogP) is 2.30. The highest BCUT2D eigenvalue weighted by molar-refractivity contribution is 5.30. The van der Waals surface area contributed by atoms with Crippen molar-refractivity contribution < 1.29 is 0 Å². The number of nitrogens with zero attached hydrogens (tertiary/aromatic N) is 3. The summed E-state index contributed by atoms with van der Waals surface area (Å²) in [5, 5.41) is 8.10. The first kappa shape index (κ1) is 14.8. The minimum atomic E-state index is 0.460. The van der Waals surface area contributed by atoms with E-state index in [4.69, 9.17) is 0 Å². The number of hydrogen-bond donors (Lipinski definition) is 1. The van der Waals surface area contributed by atoms with Crippen LogP contribution in [0.25, 0.3) is 5.69 Å². The molecule has 0 aliphatic heterocycles. The fraction of sp³-hybridized carbons (Fsp3) is 0.438. The Hall–Kier alpha value is -1.65. The van der Waals surface area contributed by atoms with Crippen molar-refractivity contribution in [2.24, 2.45) is 0 Å². The van der Waals surface area contributed by atoms with E-state index in [-0.39, 0.29) is 0 Å². The van der Waals surface area contributed by atoms with Gasteiger partial charge in [0.25, 0.3) is 0 Å². The molecule has 0 amide bonds. The summed E-state index contributed by atoms with van der Waals surface area (Å²) in [5.74, 6) is 0. The summed E-state index contributed by atoms with van der Waals surface area (Å²) in [6, 6.07) is 12.7. The van der Waals surface area contributed by atoms with Gasteiger partial charge in [-0.3, -0.25) is 0 Å². The van der Waals surface area contributed by atoms with E-state index in [9.17, 15) is 0 Å². The molecule has 0 aliphatic rings. The van der Waals surface area contributed by atoms with E-state index in [1.165, 1.54) is 0 Å². The zero-order valence-corrected chi connectivity index (χ0v) is 12.6. The molecule has 0 radical (unpaired) electrons. The third-order valence-corrected chi connectivity index (χ3v) is 3.42. The first-order chi connectivity index (χ1) is 9.69. The summed E-state index contributed by atoms with van der Waals surface area (Å²) >= 11 is 0. The number of nitrogens with one attached hydrogen (secondary N) is 1. The van der Waals surface area contributed by atoms with Gasteiger partial charge in [0.1, 0.15) is 0 Å². The first-order valence-electron chi connectivity index (χ1n) is 7.21. The molecule has 1 aromatic carbocycles. The predicted molar refractivity (Wildman–Crippen MR) is 83.0 cm³/mol.